The number of nitrogens with two attached hydrogens (primary N) is 1. The monoisotopic (exact) mass is 229 g/mol. The number of nitrogen functional groups attached to an aromatic ring is 1. The van der Waals surface area contributed by atoms with Gasteiger partial charge in [0.2, 0.25) is 0 Å². The molecule has 0 aliphatic rings. The molecule has 0 aliphatic heterocycles. The van der Waals surface area contributed by atoms with Crippen molar-refractivity contribution in [3.8, 4) is 0 Å². The van der Waals surface area contributed by atoms with E-state index in [1.807, 2.05) is 0 Å². The number of anilines is 1. The van der Waals surface area contributed by atoms with Crippen LogP contribution in [0.25, 0.3) is 0 Å². The summed E-state index contributed by atoms with van der Waals surface area (Å²) in [6, 6.07) is 1.15. The van der Waals surface area contributed by atoms with Gasteiger partial charge in [-0.3, -0.25) is 14.3 Å². The summed E-state index contributed by atoms with van der Waals surface area (Å²) in [4.78, 5) is 24.5. The summed E-state index contributed by atoms with van der Waals surface area (Å²) < 4.78 is 11.3. The highest BCUT2D eigenvalue weighted by Crippen LogP contribution is 1.99. The second-order valence-electron chi connectivity index (χ2n) is 3.29. The molecular weight excluding hydrogens is 214 g/mol. The van der Waals surface area contributed by atoms with Gasteiger partial charge < -0.3 is 15.2 Å². The van der Waals surface area contributed by atoms with Crippen molar-refractivity contribution in [3.05, 3.63) is 26.9 Å². The van der Waals surface area contributed by atoms with Gasteiger partial charge in [-0.2, -0.15) is 0 Å². The Labute approximate surface area is 91.8 Å². The normalized spacial score (nSPS) is 12.6. The van der Waals surface area contributed by atoms with Crippen LogP contribution in [-0.2, 0) is 16.0 Å². The van der Waals surface area contributed by atoms with E-state index in [9.17, 15) is 9.59 Å². The van der Waals surface area contributed by atoms with E-state index >= 15 is 0 Å². The maximum atomic E-state index is 11.4. The van der Waals surface area contributed by atoms with Gasteiger partial charge in [-0.1, -0.05) is 0 Å². The Hall–Kier alpha value is -1.60. The number of rotatable bonds is 5. The second-order valence-corrected chi connectivity index (χ2v) is 3.29. The van der Waals surface area contributed by atoms with E-state index in [1.54, 1.807) is 0 Å². The molecule has 0 bridgehead atoms. The van der Waals surface area contributed by atoms with Gasteiger partial charge >= 0.3 is 5.69 Å². The van der Waals surface area contributed by atoms with Crippen molar-refractivity contribution in [2.75, 3.05) is 26.6 Å². The van der Waals surface area contributed by atoms with Gasteiger partial charge in [-0.15, -0.1) is 0 Å². The lowest BCUT2D eigenvalue weighted by atomic mass is 10.3. The van der Waals surface area contributed by atoms with Crippen LogP contribution in [0.1, 0.15) is 0 Å². The molecule has 1 unspecified atom stereocenters. The molecule has 90 valence electrons. The largest absolute Gasteiger partial charge is 0.385 e. The highest BCUT2D eigenvalue weighted by molar-refractivity contribution is 5.26. The first-order valence-electron chi connectivity index (χ1n) is 4.70. The summed E-state index contributed by atoms with van der Waals surface area (Å²) >= 11 is 0. The van der Waals surface area contributed by atoms with Crippen molar-refractivity contribution >= 4 is 5.82 Å². The molecule has 0 amide bonds. The first kappa shape index (κ1) is 12.5. The number of methoxy groups -OCH3 is 2. The SMILES string of the molecule is COCC(Cn1c(N)cc(=O)[nH]c1=O)OC. The lowest BCUT2D eigenvalue weighted by molar-refractivity contribution is 0.0179. The van der Waals surface area contributed by atoms with Crippen molar-refractivity contribution in [1.29, 1.82) is 0 Å². The minimum absolute atomic E-state index is 0.104. The third-order valence-electron chi connectivity index (χ3n) is 2.14. The van der Waals surface area contributed by atoms with E-state index in [2.05, 4.69) is 4.98 Å². The average Bonchev–Trinajstić information content (AvgIpc) is 2.21. The second kappa shape index (κ2) is 5.47. The number of H-pyrrole nitrogens is 1. The van der Waals surface area contributed by atoms with Crippen LogP contribution < -0.4 is 17.0 Å². The van der Waals surface area contributed by atoms with Crippen molar-refractivity contribution in [1.82, 2.24) is 9.55 Å². The number of hydrogen-bond donors (Lipinski definition) is 2. The maximum Gasteiger partial charge on any atom is 0.329 e. The predicted molar refractivity (Wildman–Crippen MR) is 58.4 cm³/mol. The smallest absolute Gasteiger partial charge is 0.329 e. The summed E-state index contributed by atoms with van der Waals surface area (Å²) in [5, 5.41) is 0. The molecule has 1 rings (SSSR count). The van der Waals surface area contributed by atoms with Gasteiger partial charge in [0, 0.05) is 20.3 Å². The Bertz CT molecular complexity index is 451. The van der Waals surface area contributed by atoms with Crippen LogP contribution in [0.3, 0.4) is 0 Å². The minimum atomic E-state index is -0.553. The van der Waals surface area contributed by atoms with E-state index < -0.39 is 11.2 Å². The minimum Gasteiger partial charge on any atom is -0.385 e. The first-order chi connectivity index (χ1) is 7.58. The van der Waals surface area contributed by atoms with Gasteiger partial charge in [-0.05, 0) is 0 Å². The molecule has 16 heavy (non-hydrogen) atoms. The fraction of sp³-hybridized carbons (Fsp3) is 0.556. The van der Waals surface area contributed by atoms with Crippen LogP contribution in [0.4, 0.5) is 5.82 Å². The van der Waals surface area contributed by atoms with E-state index in [4.69, 9.17) is 15.2 Å². The Morgan fingerprint density at radius 3 is 2.69 bits per heavy atom. The summed E-state index contributed by atoms with van der Waals surface area (Å²) in [7, 11) is 3.04. The van der Waals surface area contributed by atoms with Crippen molar-refractivity contribution in [2.45, 2.75) is 12.6 Å². The lowest BCUT2D eigenvalue weighted by Crippen LogP contribution is -2.36. The summed E-state index contributed by atoms with van der Waals surface area (Å²) in [5.41, 5.74) is 4.50. The fourth-order valence-electron chi connectivity index (χ4n) is 1.31. The number of aromatic nitrogens is 2. The lowest BCUT2D eigenvalue weighted by Gasteiger charge is -2.16. The average molecular weight is 229 g/mol. The molecule has 7 nitrogen and oxygen atoms in total. The number of nitrogens with one attached hydrogen (secondary N) is 1. The van der Waals surface area contributed by atoms with Crippen LogP contribution in [0, 0.1) is 0 Å². The molecule has 0 saturated heterocycles. The van der Waals surface area contributed by atoms with Crippen LogP contribution >= 0.6 is 0 Å². The molecule has 0 aromatic carbocycles. The summed E-state index contributed by atoms with van der Waals surface area (Å²) in [5.74, 6) is 0.104. The summed E-state index contributed by atoms with van der Waals surface area (Å²) in [6.07, 6.45) is -0.295. The third kappa shape index (κ3) is 2.94. The molecular formula is C9H15N3O4. The number of hydrogen-bond acceptors (Lipinski definition) is 5. The molecule has 3 N–H and O–H groups in total. The molecule has 0 radical (unpaired) electrons. The quantitative estimate of drug-likeness (QED) is 0.659. The Morgan fingerprint density at radius 2 is 2.19 bits per heavy atom. The van der Waals surface area contributed by atoms with Gasteiger partial charge in [0.25, 0.3) is 5.56 Å². The predicted octanol–water partition coefficient (Wildman–Crippen LogP) is -1.22. The van der Waals surface area contributed by atoms with Gasteiger partial charge in [0.1, 0.15) is 5.82 Å². The van der Waals surface area contributed by atoms with Gasteiger partial charge in [0.05, 0.1) is 19.3 Å². The highest BCUT2D eigenvalue weighted by atomic mass is 16.5. The Morgan fingerprint density at radius 1 is 1.50 bits per heavy atom. The van der Waals surface area contributed by atoms with Gasteiger partial charge in [-0.25, -0.2) is 4.79 Å². The molecule has 1 aromatic rings. The molecule has 0 saturated carbocycles. The Balaban J connectivity index is 2.96. The van der Waals surface area contributed by atoms with E-state index in [-0.39, 0.29) is 18.5 Å². The van der Waals surface area contributed by atoms with Gasteiger partial charge in [0.15, 0.2) is 0 Å². The highest BCUT2D eigenvalue weighted by Gasteiger charge is 2.11. The van der Waals surface area contributed by atoms with Crippen molar-refractivity contribution < 1.29 is 9.47 Å². The van der Waals surface area contributed by atoms with Crippen LogP contribution in [0.5, 0.6) is 0 Å². The number of ether oxygens (including phenoxy) is 2. The summed E-state index contributed by atoms with van der Waals surface area (Å²) in [6.45, 7) is 0.563. The molecule has 0 fully saturated rings. The third-order valence-corrected chi connectivity index (χ3v) is 2.14. The zero-order valence-corrected chi connectivity index (χ0v) is 9.23. The molecule has 7 heteroatoms. The molecule has 1 aromatic heterocycles. The van der Waals surface area contributed by atoms with Crippen LogP contribution in [0.15, 0.2) is 15.7 Å². The zero-order valence-electron chi connectivity index (χ0n) is 9.23. The Kier molecular flexibility index (Phi) is 4.27. The molecule has 1 atom stereocenters. The molecule has 0 aliphatic carbocycles. The molecule has 0 spiro atoms. The number of aromatic amines is 1. The van der Waals surface area contributed by atoms with Crippen molar-refractivity contribution in [3.63, 3.8) is 0 Å². The van der Waals surface area contributed by atoms with Crippen molar-refractivity contribution in [2.24, 2.45) is 0 Å². The van der Waals surface area contributed by atoms with Crippen LogP contribution in [0.2, 0.25) is 0 Å². The number of nitrogens with zero attached hydrogens (tertiary/aromatic N) is 1. The topological polar surface area (TPSA) is 99.3 Å². The van der Waals surface area contributed by atoms with E-state index in [0.717, 1.165) is 6.07 Å². The first-order valence-corrected chi connectivity index (χ1v) is 4.70. The molecule has 1 heterocycles. The van der Waals surface area contributed by atoms with Crippen LogP contribution in [-0.4, -0.2) is 36.5 Å². The zero-order chi connectivity index (χ0) is 12.1. The maximum absolute atomic E-state index is 11.4. The van der Waals surface area contributed by atoms with E-state index in [0.29, 0.717) is 6.61 Å². The standard InChI is InChI=1S/C9H15N3O4/c1-15-5-6(16-2)4-12-7(10)3-8(13)11-9(12)14/h3,6H,4-5,10H2,1-2H3,(H,11,13,14). The van der Waals surface area contributed by atoms with E-state index in [1.165, 1.54) is 18.8 Å². The fourth-order valence-corrected chi connectivity index (χ4v) is 1.31.